The first kappa shape index (κ1) is 20.9. The van der Waals surface area contributed by atoms with Crippen LogP contribution in [0.1, 0.15) is 13.3 Å². The largest absolute Gasteiger partial charge is 0.379 e. The van der Waals surface area contributed by atoms with E-state index < -0.39 is 11.6 Å². The number of anilines is 1. The van der Waals surface area contributed by atoms with Gasteiger partial charge in [-0.3, -0.25) is 4.68 Å². The summed E-state index contributed by atoms with van der Waals surface area (Å²) in [6.45, 7) is 3.24. The highest BCUT2D eigenvalue weighted by Crippen LogP contribution is 2.35. The first-order valence-corrected chi connectivity index (χ1v) is 11.4. The summed E-state index contributed by atoms with van der Waals surface area (Å²) in [5.41, 5.74) is 2.71. The van der Waals surface area contributed by atoms with Crippen molar-refractivity contribution in [1.29, 1.82) is 0 Å². The number of aromatic nitrogens is 5. The highest BCUT2D eigenvalue weighted by Gasteiger charge is 2.22. The molecule has 3 aromatic heterocycles. The predicted octanol–water partition coefficient (Wildman–Crippen LogP) is 4.39. The van der Waals surface area contributed by atoms with Crippen LogP contribution < -0.4 is 5.32 Å². The van der Waals surface area contributed by atoms with Crippen LogP contribution in [-0.2, 0) is 11.8 Å². The molecule has 32 heavy (non-hydrogen) atoms. The standard InChI is InChI=1S/C22H22F2N6OS/c1-3-32-15-6-16(20(24)19(23)7-15)17-9-26-30-11-18(13-8-25-29(2)10-13)21(28-22(17)30)27-14-4-5-31-12-14/h6-11,14H,3-5,12H2,1-2H3,(H,27,28). The van der Waals surface area contributed by atoms with Crippen molar-refractivity contribution in [3.63, 3.8) is 0 Å². The molecular weight excluding hydrogens is 434 g/mol. The Morgan fingerprint density at radius 1 is 1.16 bits per heavy atom. The molecular formula is C22H22F2N6OS. The molecule has 10 heteroatoms. The fourth-order valence-corrected chi connectivity index (χ4v) is 4.56. The van der Waals surface area contributed by atoms with Crippen LogP contribution in [0.25, 0.3) is 27.9 Å². The lowest BCUT2D eigenvalue weighted by molar-refractivity contribution is 0.195. The van der Waals surface area contributed by atoms with E-state index in [1.807, 2.05) is 26.4 Å². The Kier molecular flexibility index (Phi) is 5.56. The molecule has 0 amide bonds. The molecule has 1 aromatic carbocycles. The van der Waals surface area contributed by atoms with E-state index in [4.69, 9.17) is 9.72 Å². The van der Waals surface area contributed by atoms with Gasteiger partial charge in [-0.2, -0.15) is 10.2 Å². The Labute approximate surface area is 187 Å². The van der Waals surface area contributed by atoms with Crippen LogP contribution in [0.5, 0.6) is 0 Å². The number of benzene rings is 1. The maximum atomic E-state index is 14.8. The van der Waals surface area contributed by atoms with Crippen LogP contribution in [0, 0.1) is 11.6 Å². The number of nitrogens with one attached hydrogen (secondary N) is 1. The Hall–Kier alpha value is -2.98. The van der Waals surface area contributed by atoms with E-state index in [2.05, 4.69) is 15.5 Å². The van der Waals surface area contributed by atoms with Gasteiger partial charge < -0.3 is 10.1 Å². The zero-order valence-electron chi connectivity index (χ0n) is 17.7. The summed E-state index contributed by atoms with van der Waals surface area (Å²) < 4.78 is 37.9. The predicted molar refractivity (Wildman–Crippen MR) is 120 cm³/mol. The summed E-state index contributed by atoms with van der Waals surface area (Å²) in [6.07, 6.45) is 7.87. The number of fused-ring (bicyclic) bond motifs is 1. The van der Waals surface area contributed by atoms with Crippen molar-refractivity contribution in [2.75, 3.05) is 24.3 Å². The molecule has 4 heterocycles. The van der Waals surface area contributed by atoms with Crippen molar-refractivity contribution in [1.82, 2.24) is 24.4 Å². The lowest BCUT2D eigenvalue weighted by Crippen LogP contribution is -2.20. The SMILES string of the molecule is CCSc1cc(F)c(F)c(-c2cnn3cc(-c4cnn(C)c4)c(NC4CCOC4)nc23)c1. The second-order valence-electron chi connectivity index (χ2n) is 7.64. The molecule has 1 unspecified atom stereocenters. The molecule has 0 spiro atoms. The van der Waals surface area contributed by atoms with E-state index in [1.165, 1.54) is 24.0 Å². The third kappa shape index (κ3) is 3.84. The molecule has 0 bridgehead atoms. The topological polar surface area (TPSA) is 69.3 Å². The monoisotopic (exact) mass is 456 g/mol. The lowest BCUT2D eigenvalue weighted by Gasteiger charge is -2.15. The van der Waals surface area contributed by atoms with Gasteiger partial charge in [-0.05, 0) is 24.3 Å². The summed E-state index contributed by atoms with van der Waals surface area (Å²) in [5, 5.41) is 12.1. The molecule has 0 saturated carbocycles. The number of thioether (sulfide) groups is 1. The number of nitrogens with zero attached hydrogens (tertiary/aromatic N) is 5. The molecule has 1 N–H and O–H groups in total. The lowest BCUT2D eigenvalue weighted by atomic mass is 10.1. The molecule has 1 saturated heterocycles. The minimum absolute atomic E-state index is 0.116. The molecule has 7 nitrogen and oxygen atoms in total. The van der Waals surface area contributed by atoms with Crippen LogP contribution in [0.3, 0.4) is 0 Å². The zero-order chi connectivity index (χ0) is 22.2. The van der Waals surface area contributed by atoms with E-state index in [1.54, 1.807) is 21.5 Å². The van der Waals surface area contributed by atoms with E-state index in [0.29, 0.717) is 35.1 Å². The molecule has 5 rings (SSSR count). The van der Waals surface area contributed by atoms with E-state index in [-0.39, 0.29) is 11.6 Å². The number of aryl methyl sites for hydroxylation is 1. The molecule has 1 aliphatic heterocycles. The minimum atomic E-state index is -0.905. The maximum Gasteiger partial charge on any atom is 0.166 e. The highest BCUT2D eigenvalue weighted by atomic mass is 32.2. The van der Waals surface area contributed by atoms with Crippen LogP contribution in [0.4, 0.5) is 14.6 Å². The highest BCUT2D eigenvalue weighted by molar-refractivity contribution is 7.99. The number of halogens is 2. The van der Waals surface area contributed by atoms with Gasteiger partial charge in [-0.25, -0.2) is 18.3 Å². The van der Waals surface area contributed by atoms with Crippen LogP contribution in [-0.4, -0.2) is 49.4 Å². The smallest absolute Gasteiger partial charge is 0.166 e. The van der Waals surface area contributed by atoms with Gasteiger partial charge in [0.15, 0.2) is 17.3 Å². The Balaban J connectivity index is 1.67. The van der Waals surface area contributed by atoms with Crippen LogP contribution >= 0.6 is 11.8 Å². The number of ether oxygens (including phenoxy) is 1. The van der Waals surface area contributed by atoms with Gasteiger partial charge in [0.25, 0.3) is 0 Å². The van der Waals surface area contributed by atoms with Gasteiger partial charge in [0, 0.05) is 53.2 Å². The van der Waals surface area contributed by atoms with Gasteiger partial charge >= 0.3 is 0 Å². The maximum absolute atomic E-state index is 14.8. The molecule has 166 valence electrons. The van der Waals surface area contributed by atoms with Gasteiger partial charge in [-0.15, -0.1) is 11.8 Å². The van der Waals surface area contributed by atoms with Crippen molar-refractivity contribution in [3.8, 4) is 22.3 Å². The summed E-state index contributed by atoms with van der Waals surface area (Å²) in [6, 6.07) is 2.99. The van der Waals surface area contributed by atoms with Crippen molar-refractivity contribution in [3.05, 3.63) is 48.6 Å². The second-order valence-corrected chi connectivity index (χ2v) is 8.97. The second kappa shape index (κ2) is 8.51. The van der Waals surface area contributed by atoms with Crippen LogP contribution in [0.2, 0.25) is 0 Å². The van der Waals surface area contributed by atoms with Crippen molar-refractivity contribution >= 4 is 23.2 Å². The molecule has 4 aromatic rings. The number of rotatable bonds is 6. The van der Waals surface area contributed by atoms with E-state index in [0.717, 1.165) is 23.3 Å². The summed E-state index contributed by atoms with van der Waals surface area (Å²) in [4.78, 5) is 5.47. The zero-order valence-corrected chi connectivity index (χ0v) is 18.5. The third-order valence-corrected chi connectivity index (χ3v) is 6.24. The van der Waals surface area contributed by atoms with E-state index in [9.17, 15) is 8.78 Å². The van der Waals surface area contributed by atoms with Crippen molar-refractivity contribution in [2.45, 2.75) is 24.3 Å². The fraction of sp³-hybridized carbons (Fsp3) is 0.318. The Morgan fingerprint density at radius 2 is 2.03 bits per heavy atom. The van der Waals surface area contributed by atoms with Gasteiger partial charge in [-0.1, -0.05) is 6.92 Å². The minimum Gasteiger partial charge on any atom is -0.379 e. The molecule has 0 aliphatic carbocycles. The quantitative estimate of drug-likeness (QED) is 0.434. The van der Waals surface area contributed by atoms with Crippen molar-refractivity contribution < 1.29 is 13.5 Å². The van der Waals surface area contributed by atoms with Gasteiger partial charge in [0.1, 0.15) is 5.82 Å². The average molecular weight is 457 g/mol. The summed E-state index contributed by atoms with van der Waals surface area (Å²) in [5.74, 6) is -0.407. The first-order valence-electron chi connectivity index (χ1n) is 10.4. The molecule has 1 atom stereocenters. The Morgan fingerprint density at radius 3 is 2.75 bits per heavy atom. The normalized spacial score (nSPS) is 16.2. The first-order chi connectivity index (χ1) is 15.5. The summed E-state index contributed by atoms with van der Waals surface area (Å²) in [7, 11) is 1.85. The Bertz CT molecular complexity index is 1280. The average Bonchev–Trinajstić information content (AvgIpc) is 3.52. The van der Waals surface area contributed by atoms with Crippen LogP contribution in [0.15, 0.2) is 41.8 Å². The van der Waals surface area contributed by atoms with Gasteiger partial charge in [0.2, 0.25) is 0 Å². The fourth-order valence-electron chi connectivity index (χ4n) is 3.83. The molecule has 1 aliphatic rings. The summed E-state index contributed by atoms with van der Waals surface area (Å²) >= 11 is 1.45. The van der Waals surface area contributed by atoms with Gasteiger partial charge in [0.05, 0.1) is 25.0 Å². The molecule has 0 radical (unpaired) electrons. The number of hydrogen-bond acceptors (Lipinski definition) is 6. The van der Waals surface area contributed by atoms with E-state index >= 15 is 0 Å². The third-order valence-electron chi connectivity index (χ3n) is 5.38. The number of hydrogen-bond donors (Lipinski definition) is 1. The molecule has 1 fully saturated rings. The van der Waals surface area contributed by atoms with Crippen molar-refractivity contribution in [2.24, 2.45) is 7.05 Å².